The molecule has 0 aliphatic carbocycles. The van der Waals surface area contributed by atoms with Gasteiger partial charge in [0, 0.05) is 11.3 Å². The minimum absolute atomic E-state index is 0.169. The minimum atomic E-state index is -0.265. The van der Waals surface area contributed by atoms with Crippen molar-refractivity contribution in [2.24, 2.45) is 5.16 Å². The Balaban J connectivity index is 1.87. The van der Waals surface area contributed by atoms with Crippen LogP contribution < -0.4 is 14.8 Å². The Kier molecular flexibility index (Phi) is 7.02. The van der Waals surface area contributed by atoms with Crippen LogP contribution in [-0.4, -0.2) is 32.4 Å². The van der Waals surface area contributed by atoms with Crippen LogP contribution in [0.4, 0.5) is 5.69 Å². The molecule has 1 amide bonds. The summed E-state index contributed by atoms with van der Waals surface area (Å²) in [5.74, 6) is 1.02. The molecule has 26 heavy (non-hydrogen) atoms. The highest BCUT2D eigenvalue weighted by atomic mass is 16.6. The fourth-order valence-electron chi connectivity index (χ4n) is 2.37. The Bertz CT molecular complexity index is 787. The Labute approximate surface area is 153 Å². The number of anilines is 1. The van der Waals surface area contributed by atoms with Crippen LogP contribution in [0.5, 0.6) is 11.5 Å². The number of carbonyl (C=O) groups excluding carboxylic acids is 1. The second kappa shape index (κ2) is 9.46. The van der Waals surface area contributed by atoms with E-state index in [1.54, 1.807) is 19.2 Å². The first kappa shape index (κ1) is 19.3. The quantitative estimate of drug-likeness (QED) is 0.578. The number of amides is 1. The summed E-state index contributed by atoms with van der Waals surface area (Å²) >= 11 is 0. The van der Waals surface area contributed by atoms with Gasteiger partial charge in [0.15, 0.2) is 18.1 Å². The normalized spacial score (nSPS) is 10.6. The van der Waals surface area contributed by atoms with E-state index in [1.165, 1.54) is 6.21 Å². The van der Waals surface area contributed by atoms with Gasteiger partial charge >= 0.3 is 0 Å². The molecule has 0 bridgehead atoms. The highest BCUT2D eigenvalue weighted by Gasteiger charge is 2.06. The summed E-state index contributed by atoms with van der Waals surface area (Å²) < 4.78 is 10.7. The molecule has 0 fully saturated rings. The molecule has 1 N–H and O–H groups in total. The maximum absolute atomic E-state index is 11.9. The molecule has 0 unspecified atom stereocenters. The third-order valence-electron chi connectivity index (χ3n) is 3.62. The molecule has 0 saturated heterocycles. The second-order valence-corrected chi connectivity index (χ2v) is 5.72. The zero-order valence-electron chi connectivity index (χ0n) is 15.5. The Morgan fingerprint density at radius 1 is 1.15 bits per heavy atom. The molecular weight excluding hydrogens is 332 g/mol. The van der Waals surface area contributed by atoms with Gasteiger partial charge in [0.2, 0.25) is 0 Å². The van der Waals surface area contributed by atoms with Crippen molar-refractivity contribution >= 4 is 17.8 Å². The predicted octanol–water partition coefficient (Wildman–Crippen LogP) is 3.70. The lowest BCUT2D eigenvalue weighted by atomic mass is 10.1. The summed E-state index contributed by atoms with van der Waals surface area (Å²) in [5.41, 5.74) is 3.69. The molecule has 0 radical (unpaired) electrons. The van der Waals surface area contributed by atoms with Crippen molar-refractivity contribution in [3.63, 3.8) is 0 Å². The van der Waals surface area contributed by atoms with Gasteiger partial charge in [-0.2, -0.15) is 0 Å². The Morgan fingerprint density at radius 2 is 1.96 bits per heavy atom. The van der Waals surface area contributed by atoms with E-state index in [0.717, 1.165) is 22.4 Å². The molecule has 0 atom stereocenters. The highest BCUT2D eigenvalue weighted by Crippen LogP contribution is 2.27. The second-order valence-electron chi connectivity index (χ2n) is 5.72. The van der Waals surface area contributed by atoms with E-state index in [9.17, 15) is 4.79 Å². The molecule has 0 aliphatic rings. The van der Waals surface area contributed by atoms with Crippen molar-refractivity contribution in [1.29, 1.82) is 0 Å². The summed E-state index contributed by atoms with van der Waals surface area (Å²) in [7, 11) is 1.58. The minimum Gasteiger partial charge on any atom is -0.493 e. The molecule has 2 aromatic rings. The van der Waals surface area contributed by atoms with Crippen LogP contribution in [0.3, 0.4) is 0 Å². The molecule has 6 nitrogen and oxygen atoms in total. The molecule has 2 aromatic carbocycles. The average molecular weight is 356 g/mol. The van der Waals surface area contributed by atoms with Gasteiger partial charge in [0.1, 0.15) is 0 Å². The average Bonchev–Trinajstić information content (AvgIpc) is 2.62. The first-order valence-electron chi connectivity index (χ1n) is 8.36. The van der Waals surface area contributed by atoms with Gasteiger partial charge in [0.25, 0.3) is 5.91 Å². The smallest absolute Gasteiger partial charge is 0.265 e. The molecular formula is C20H24N2O4. The maximum Gasteiger partial charge on any atom is 0.265 e. The van der Waals surface area contributed by atoms with Crippen molar-refractivity contribution in [2.45, 2.75) is 20.8 Å². The lowest BCUT2D eigenvalue weighted by Crippen LogP contribution is -2.17. The fraction of sp³-hybridized carbons (Fsp3) is 0.300. The third-order valence-corrected chi connectivity index (χ3v) is 3.62. The number of hydrogen-bond donors (Lipinski definition) is 1. The first-order valence-corrected chi connectivity index (χ1v) is 8.36. The van der Waals surface area contributed by atoms with Crippen LogP contribution in [0, 0.1) is 13.8 Å². The van der Waals surface area contributed by atoms with E-state index >= 15 is 0 Å². The van der Waals surface area contributed by atoms with Gasteiger partial charge in [-0.3, -0.25) is 4.79 Å². The number of oxime groups is 1. The molecule has 138 valence electrons. The number of benzene rings is 2. The monoisotopic (exact) mass is 356 g/mol. The largest absolute Gasteiger partial charge is 0.493 e. The van der Waals surface area contributed by atoms with Gasteiger partial charge in [-0.1, -0.05) is 22.9 Å². The fourth-order valence-corrected chi connectivity index (χ4v) is 2.37. The molecule has 6 heteroatoms. The molecule has 0 heterocycles. The Morgan fingerprint density at radius 3 is 2.65 bits per heavy atom. The SMILES string of the molecule is CCOc1ccc(/C=N\OCC(=O)Nc2ccc(C)cc2C)cc1OC. The standard InChI is InChI=1S/C20H24N2O4/c1-5-25-18-9-7-16(11-19(18)24-4)12-21-26-13-20(23)22-17-8-6-14(2)10-15(17)3/h6-12H,5,13H2,1-4H3,(H,22,23)/b21-12-. The molecule has 0 aliphatic heterocycles. The maximum atomic E-state index is 11.9. The van der Waals surface area contributed by atoms with Crippen molar-refractivity contribution in [1.82, 2.24) is 0 Å². The van der Waals surface area contributed by atoms with Crippen molar-refractivity contribution < 1.29 is 19.1 Å². The number of rotatable bonds is 8. The Hall–Kier alpha value is -3.02. The number of methoxy groups -OCH3 is 1. The van der Waals surface area contributed by atoms with Crippen LogP contribution in [0.25, 0.3) is 0 Å². The number of hydrogen-bond acceptors (Lipinski definition) is 5. The molecule has 0 spiro atoms. The third kappa shape index (κ3) is 5.51. The number of ether oxygens (including phenoxy) is 2. The van der Waals surface area contributed by atoms with Crippen molar-refractivity contribution in [3.8, 4) is 11.5 Å². The van der Waals surface area contributed by atoms with E-state index in [2.05, 4.69) is 10.5 Å². The number of aryl methyl sites for hydroxylation is 2. The van der Waals surface area contributed by atoms with Gasteiger partial charge in [-0.05, 0) is 50.6 Å². The van der Waals surface area contributed by atoms with Crippen LogP contribution in [0.15, 0.2) is 41.6 Å². The predicted molar refractivity (Wildman–Crippen MR) is 102 cm³/mol. The molecule has 0 saturated carbocycles. The van der Waals surface area contributed by atoms with Crippen molar-refractivity contribution in [2.75, 3.05) is 25.6 Å². The van der Waals surface area contributed by atoms with E-state index in [4.69, 9.17) is 14.3 Å². The van der Waals surface area contributed by atoms with Gasteiger partial charge in [0.05, 0.1) is 19.9 Å². The summed E-state index contributed by atoms with van der Waals surface area (Å²) in [5, 5.41) is 6.63. The first-order chi connectivity index (χ1) is 12.5. The van der Waals surface area contributed by atoms with E-state index in [-0.39, 0.29) is 12.5 Å². The lowest BCUT2D eigenvalue weighted by Gasteiger charge is -2.09. The summed E-state index contributed by atoms with van der Waals surface area (Å²) in [6.07, 6.45) is 1.52. The zero-order valence-corrected chi connectivity index (χ0v) is 15.5. The van der Waals surface area contributed by atoms with Gasteiger partial charge in [-0.15, -0.1) is 0 Å². The highest BCUT2D eigenvalue weighted by molar-refractivity contribution is 5.92. The molecule has 0 aromatic heterocycles. The summed E-state index contributed by atoms with van der Waals surface area (Å²) in [4.78, 5) is 17.0. The number of nitrogens with zero attached hydrogens (tertiary/aromatic N) is 1. The number of nitrogens with one attached hydrogen (secondary N) is 1. The van der Waals surface area contributed by atoms with Crippen molar-refractivity contribution in [3.05, 3.63) is 53.1 Å². The van der Waals surface area contributed by atoms with Crippen LogP contribution in [0.1, 0.15) is 23.6 Å². The van der Waals surface area contributed by atoms with Crippen LogP contribution >= 0.6 is 0 Å². The number of carbonyl (C=O) groups is 1. The van der Waals surface area contributed by atoms with Crippen LogP contribution in [-0.2, 0) is 9.63 Å². The summed E-state index contributed by atoms with van der Waals surface area (Å²) in [6, 6.07) is 11.2. The zero-order chi connectivity index (χ0) is 18.9. The summed E-state index contributed by atoms with van der Waals surface area (Å²) in [6.45, 7) is 6.25. The van der Waals surface area contributed by atoms with Gasteiger partial charge in [-0.25, -0.2) is 0 Å². The molecule has 2 rings (SSSR count). The lowest BCUT2D eigenvalue weighted by molar-refractivity contribution is -0.120. The van der Waals surface area contributed by atoms with E-state index < -0.39 is 0 Å². The topological polar surface area (TPSA) is 69.2 Å². The van der Waals surface area contributed by atoms with Gasteiger partial charge < -0.3 is 19.6 Å². The van der Waals surface area contributed by atoms with E-state index in [1.807, 2.05) is 45.0 Å². The van der Waals surface area contributed by atoms with Crippen LogP contribution in [0.2, 0.25) is 0 Å². The van der Waals surface area contributed by atoms with E-state index in [0.29, 0.717) is 18.1 Å².